The smallest absolute Gasteiger partial charge is 0.234 e. The maximum atomic E-state index is 11.9. The van der Waals surface area contributed by atoms with Gasteiger partial charge in [0.05, 0.1) is 11.4 Å². The lowest BCUT2D eigenvalue weighted by Gasteiger charge is -2.17. The molecule has 1 aromatic rings. The van der Waals surface area contributed by atoms with Gasteiger partial charge in [0, 0.05) is 11.4 Å². The van der Waals surface area contributed by atoms with Gasteiger partial charge in [-0.25, -0.2) is 13.4 Å². The highest BCUT2D eigenvalue weighted by atomic mass is 32.2. The van der Waals surface area contributed by atoms with Crippen LogP contribution in [0.25, 0.3) is 0 Å². The van der Waals surface area contributed by atoms with E-state index in [1.54, 1.807) is 0 Å². The van der Waals surface area contributed by atoms with Crippen LogP contribution >= 0.6 is 11.3 Å². The second kappa shape index (κ2) is 6.19. The topological polar surface area (TPSA) is 71.1 Å². The molecule has 0 radical (unpaired) electrons. The van der Waals surface area contributed by atoms with E-state index in [-0.39, 0.29) is 17.2 Å². The van der Waals surface area contributed by atoms with Gasteiger partial charge in [-0.2, -0.15) is 0 Å². The summed E-state index contributed by atoms with van der Waals surface area (Å²) >= 11 is 1.31. The standard InChI is InChI=1S/C12H23N3O2S2/c1-9(13-5)10-8-18-11(14-10)15-19(16,17)7-6-12(2,3)4/h8-9,13H,6-7H2,1-5H3,(H,14,15). The van der Waals surface area contributed by atoms with E-state index in [9.17, 15) is 8.42 Å². The molecule has 0 fully saturated rings. The number of hydrogen-bond acceptors (Lipinski definition) is 5. The molecule has 1 heterocycles. The van der Waals surface area contributed by atoms with Crippen molar-refractivity contribution in [3.63, 3.8) is 0 Å². The number of sulfonamides is 1. The average Bonchev–Trinajstić information content (AvgIpc) is 2.72. The molecule has 110 valence electrons. The van der Waals surface area contributed by atoms with Gasteiger partial charge < -0.3 is 5.32 Å². The molecule has 5 nitrogen and oxygen atoms in total. The molecule has 2 N–H and O–H groups in total. The normalized spacial score (nSPS) is 14.4. The lowest BCUT2D eigenvalue weighted by atomic mass is 9.94. The Morgan fingerprint density at radius 2 is 2.05 bits per heavy atom. The van der Waals surface area contributed by atoms with Crippen molar-refractivity contribution in [3.05, 3.63) is 11.1 Å². The fraction of sp³-hybridized carbons (Fsp3) is 0.750. The first-order valence-corrected chi connectivity index (χ1v) is 8.79. The third-order valence-electron chi connectivity index (χ3n) is 2.76. The van der Waals surface area contributed by atoms with Crippen LogP contribution in [-0.4, -0.2) is 26.2 Å². The Kier molecular flexibility index (Phi) is 5.34. The summed E-state index contributed by atoms with van der Waals surface area (Å²) in [7, 11) is -1.46. The maximum absolute atomic E-state index is 11.9. The molecular weight excluding hydrogens is 282 g/mol. The van der Waals surface area contributed by atoms with Crippen LogP contribution in [0.1, 0.15) is 45.9 Å². The fourth-order valence-corrected chi connectivity index (χ4v) is 3.82. The van der Waals surface area contributed by atoms with Crippen LogP contribution in [-0.2, 0) is 10.0 Å². The van der Waals surface area contributed by atoms with Crippen molar-refractivity contribution in [2.45, 2.75) is 40.2 Å². The van der Waals surface area contributed by atoms with Crippen LogP contribution in [0.4, 0.5) is 5.13 Å². The minimum atomic E-state index is -3.31. The number of rotatable bonds is 6. The van der Waals surface area contributed by atoms with Crippen molar-refractivity contribution < 1.29 is 8.42 Å². The zero-order chi connectivity index (χ0) is 14.7. The number of nitrogens with zero attached hydrogens (tertiary/aromatic N) is 1. The Morgan fingerprint density at radius 1 is 1.42 bits per heavy atom. The van der Waals surface area contributed by atoms with Crippen LogP contribution in [0.3, 0.4) is 0 Å². The number of anilines is 1. The van der Waals surface area contributed by atoms with Crippen molar-refractivity contribution in [3.8, 4) is 0 Å². The number of thiazole rings is 1. The number of nitrogens with one attached hydrogen (secondary N) is 2. The van der Waals surface area contributed by atoms with Crippen LogP contribution < -0.4 is 10.0 Å². The first kappa shape index (κ1) is 16.4. The fourth-order valence-electron chi connectivity index (χ4n) is 1.30. The summed E-state index contributed by atoms with van der Waals surface area (Å²) in [5.74, 6) is 0.118. The SMILES string of the molecule is CNC(C)c1csc(NS(=O)(=O)CCC(C)(C)C)n1. The van der Waals surface area contributed by atoms with Gasteiger partial charge in [-0.15, -0.1) is 11.3 Å². The van der Waals surface area contributed by atoms with Crippen molar-refractivity contribution in [2.75, 3.05) is 17.5 Å². The molecular formula is C12H23N3O2S2. The summed E-state index contributed by atoms with van der Waals surface area (Å²) in [6.45, 7) is 8.06. The van der Waals surface area contributed by atoms with E-state index in [4.69, 9.17) is 0 Å². The van der Waals surface area contributed by atoms with E-state index in [2.05, 4.69) is 15.0 Å². The Bertz CT molecular complexity index is 503. The van der Waals surface area contributed by atoms with Crippen molar-refractivity contribution >= 4 is 26.5 Å². The van der Waals surface area contributed by atoms with Gasteiger partial charge in [0.2, 0.25) is 10.0 Å². The van der Waals surface area contributed by atoms with Gasteiger partial charge in [0.25, 0.3) is 0 Å². The van der Waals surface area contributed by atoms with Gasteiger partial charge in [-0.05, 0) is 25.8 Å². The highest BCUT2D eigenvalue weighted by Gasteiger charge is 2.19. The Morgan fingerprint density at radius 3 is 2.58 bits per heavy atom. The van der Waals surface area contributed by atoms with Gasteiger partial charge in [-0.3, -0.25) is 4.72 Å². The molecule has 7 heteroatoms. The third kappa shape index (κ3) is 5.88. The minimum Gasteiger partial charge on any atom is -0.312 e. The van der Waals surface area contributed by atoms with Gasteiger partial charge in [0.15, 0.2) is 5.13 Å². The third-order valence-corrected chi connectivity index (χ3v) is 4.91. The number of aromatic nitrogens is 1. The molecule has 0 bridgehead atoms. The Labute approximate surface area is 119 Å². The predicted molar refractivity (Wildman–Crippen MR) is 81.1 cm³/mol. The molecule has 0 amide bonds. The molecule has 0 spiro atoms. The first-order chi connectivity index (χ1) is 8.63. The monoisotopic (exact) mass is 305 g/mol. The van der Waals surface area contributed by atoms with Gasteiger partial charge >= 0.3 is 0 Å². The molecule has 0 aliphatic heterocycles. The van der Waals surface area contributed by atoms with Crippen LogP contribution in [0, 0.1) is 5.41 Å². The van der Waals surface area contributed by atoms with E-state index in [0.717, 1.165) is 5.69 Å². The van der Waals surface area contributed by atoms with E-state index in [1.807, 2.05) is 40.1 Å². The highest BCUT2D eigenvalue weighted by molar-refractivity contribution is 7.92. The van der Waals surface area contributed by atoms with Crippen LogP contribution in [0.5, 0.6) is 0 Å². The summed E-state index contributed by atoms with van der Waals surface area (Å²) in [6.07, 6.45) is 0.619. The predicted octanol–water partition coefficient (Wildman–Crippen LogP) is 2.60. The zero-order valence-corrected chi connectivity index (χ0v) is 13.8. The quantitative estimate of drug-likeness (QED) is 0.847. The van der Waals surface area contributed by atoms with E-state index < -0.39 is 10.0 Å². The second-order valence-corrected chi connectivity index (χ2v) is 8.52. The molecule has 1 atom stereocenters. The summed E-state index contributed by atoms with van der Waals surface area (Å²) in [5.41, 5.74) is 0.852. The summed E-state index contributed by atoms with van der Waals surface area (Å²) < 4.78 is 26.4. The van der Waals surface area contributed by atoms with Crippen molar-refractivity contribution in [1.82, 2.24) is 10.3 Å². The molecule has 1 aromatic heterocycles. The number of hydrogen-bond donors (Lipinski definition) is 2. The molecule has 0 aromatic carbocycles. The first-order valence-electron chi connectivity index (χ1n) is 6.26. The Balaban J connectivity index is 2.66. The molecule has 0 saturated heterocycles. The summed E-state index contributed by atoms with van der Waals surface area (Å²) in [5, 5.41) is 5.37. The zero-order valence-electron chi connectivity index (χ0n) is 12.1. The van der Waals surface area contributed by atoms with Crippen molar-refractivity contribution in [2.24, 2.45) is 5.41 Å². The average molecular weight is 305 g/mol. The van der Waals surface area contributed by atoms with Crippen LogP contribution in [0.15, 0.2) is 5.38 Å². The molecule has 0 aliphatic carbocycles. The van der Waals surface area contributed by atoms with E-state index in [1.165, 1.54) is 11.3 Å². The van der Waals surface area contributed by atoms with Gasteiger partial charge in [0.1, 0.15) is 0 Å². The lowest BCUT2D eigenvalue weighted by molar-refractivity contribution is 0.397. The molecule has 0 saturated carbocycles. The minimum absolute atomic E-state index is 0.00341. The largest absolute Gasteiger partial charge is 0.312 e. The van der Waals surface area contributed by atoms with E-state index in [0.29, 0.717) is 11.6 Å². The molecule has 0 aliphatic rings. The Hall–Kier alpha value is -0.660. The summed E-state index contributed by atoms with van der Waals surface area (Å²) in [6, 6.07) is 0.115. The highest BCUT2D eigenvalue weighted by Crippen LogP contribution is 2.23. The lowest BCUT2D eigenvalue weighted by Crippen LogP contribution is -2.21. The maximum Gasteiger partial charge on any atom is 0.234 e. The summed E-state index contributed by atoms with van der Waals surface area (Å²) in [4.78, 5) is 4.28. The van der Waals surface area contributed by atoms with Crippen LogP contribution in [0.2, 0.25) is 0 Å². The van der Waals surface area contributed by atoms with Crippen molar-refractivity contribution in [1.29, 1.82) is 0 Å². The van der Waals surface area contributed by atoms with Gasteiger partial charge in [-0.1, -0.05) is 20.8 Å². The second-order valence-electron chi connectivity index (χ2n) is 5.82. The molecule has 1 rings (SSSR count). The molecule has 19 heavy (non-hydrogen) atoms. The molecule has 1 unspecified atom stereocenters. The van der Waals surface area contributed by atoms with E-state index >= 15 is 0 Å².